The number of halogens is 1. The fraction of sp³-hybridized carbons (Fsp3) is 0.700. The lowest BCUT2D eigenvalue weighted by Crippen LogP contribution is -2.24. The van der Waals surface area contributed by atoms with Crippen molar-refractivity contribution in [3.05, 3.63) is 16.9 Å². The highest BCUT2D eigenvalue weighted by molar-refractivity contribution is 9.10. The van der Waals surface area contributed by atoms with E-state index < -0.39 is 0 Å². The van der Waals surface area contributed by atoms with Gasteiger partial charge in [-0.1, -0.05) is 13.8 Å². The molecule has 0 aliphatic heterocycles. The predicted octanol–water partition coefficient (Wildman–Crippen LogP) is 2.28. The van der Waals surface area contributed by atoms with Crippen molar-refractivity contribution in [2.75, 3.05) is 13.1 Å². The van der Waals surface area contributed by atoms with Crippen molar-refractivity contribution in [1.29, 1.82) is 0 Å². The Balaban J connectivity index is 2.23. The Morgan fingerprint density at radius 2 is 2.43 bits per heavy atom. The van der Waals surface area contributed by atoms with E-state index in [1.54, 1.807) is 0 Å². The molecule has 0 amide bonds. The monoisotopic (exact) mass is 259 g/mol. The second-order valence-electron chi connectivity index (χ2n) is 3.69. The number of nitrogens with zero attached hydrogens (tertiary/aromatic N) is 2. The van der Waals surface area contributed by atoms with E-state index in [2.05, 4.69) is 40.2 Å². The summed E-state index contributed by atoms with van der Waals surface area (Å²) in [5, 5.41) is 7.64. The van der Waals surface area contributed by atoms with E-state index in [9.17, 15) is 0 Å². The van der Waals surface area contributed by atoms with Crippen molar-refractivity contribution >= 4 is 15.9 Å². The molecule has 1 N–H and O–H groups in total. The Morgan fingerprint density at radius 1 is 1.64 bits per heavy atom. The molecule has 0 aliphatic rings. The summed E-state index contributed by atoms with van der Waals surface area (Å²) in [6.07, 6.45) is 5.03. The van der Waals surface area contributed by atoms with Crippen LogP contribution in [0.4, 0.5) is 0 Å². The zero-order valence-corrected chi connectivity index (χ0v) is 10.4. The van der Waals surface area contributed by atoms with Crippen LogP contribution in [0.15, 0.2) is 16.9 Å². The molecule has 14 heavy (non-hydrogen) atoms. The first-order valence-corrected chi connectivity index (χ1v) is 5.90. The van der Waals surface area contributed by atoms with Crippen molar-refractivity contribution in [2.24, 2.45) is 5.92 Å². The van der Waals surface area contributed by atoms with Gasteiger partial charge in [-0.2, -0.15) is 5.10 Å². The summed E-state index contributed by atoms with van der Waals surface area (Å²) >= 11 is 3.39. The quantitative estimate of drug-likeness (QED) is 0.795. The highest BCUT2D eigenvalue weighted by Crippen LogP contribution is 2.07. The Hall–Kier alpha value is -0.350. The van der Waals surface area contributed by atoms with Gasteiger partial charge in [0.05, 0.1) is 10.7 Å². The van der Waals surface area contributed by atoms with E-state index in [1.165, 1.54) is 6.42 Å². The van der Waals surface area contributed by atoms with E-state index in [4.69, 9.17) is 0 Å². The van der Waals surface area contributed by atoms with Crippen LogP contribution in [0.2, 0.25) is 0 Å². The zero-order chi connectivity index (χ0) is 10.4. The molecule has 80 valence electrons. The van der Waals surface area contributed by atoms with Gasteiger partial charge in [-0.05, 0) is 41.4 Å². The molecule has 0 aromatic carbocycles. The fourth-order valence-electron chi connectivity index (χ4n) is 1.35. The molecule has 4 heteroatoms. The summed E-state index contributed by atoms with van der Waals surface area (Å²) < 4.78 is 3.02. The number of hydrogen-bond donors (Lipinski definition) is 1. The van der Waals surface area contributed by atoms with Crippen LogP contribution in [0, 0.1) is 5.92 Å². The summed E-state index contributed by atoms with van der Waals surface area (Å²) in [5.41, 5.74) is 0. The molecule has 1 atom stereocenters. The first-order valence-electron chi connectivity index (χ1n) is 5.11. The van der Waals surface area contributed by atoms with Crippen LogP contribution in [0.25, 0.3) is 0 Å². The van der Waals surface area contributed by atoms with Crippen molar-refractivity contribution in [1.82, 2.24) is 15.1 Å². The summed E-state index contributed by atoms with van der Waals surface area (Å²) in [6, 6.07) is 0. The minimum absolute atomic E-state index is 0.619. The van der Waals surface area contributed by atoms with E-state index in [0.29, 0.717) is 5.92 Å². The number of aromatic nitrogens is 2. The summed E-state index contributed by atoms with van der Waals surface area (Å²) in [6.45, 7) is 7.56. The third-order valence-electron chi connectivity index (χ3n) is 2.02. The van der Waals surface area contributed by atoms with Crippen LogP contribution in [0.5, 0.6) is 0 Å². The molecule has 0 radical (unpaired) electrons. The number of hydrogen-bond acceptors (Lipinski definition) is 2. The SMILES string of the molecule is CCCNCC(C)Cn1cc(Br)cn1. The molecule has 3 nitrogen and oxygen atoms in total. The van der Waals surface area contributed by atoms with Gasteiger partial charge in [-0.15, -0.1) is 0 Å². The molecule has 0 fully saturated rings. The molecule has 1 aromatic rings. The average Bonchev–Trinajstić information content (AvgIpc) is 2.52. The molecule has 1 rings (SSSR count). The van der Waals surface area contributed by atoms with Crippen molar-refractivity contribution in [3.8, 4) is 0 Å². The normalized spacial score (nSPS) is 13.1. The minimum Gasteiger partial charge on any atom is -0.316 e. The fourth-order valence-corrected chi connectivity index (χ4v) is 1.68. The first kappa shape index (κ1) is 11.7. The largest absolute Gasteiger partial charge is 0.316 e. The van der Waals surface area contributed by atoms with E-state index >= 15 is 0 Å². The van der Waals surface area contributed by atoms with Crippen LogP contribution in [-0.4, -0.2) is 22.9 Å². The molecule has 0 saturated heterocycles. The van der Waals surface area contributed by atoms with Crippen molar-refractivity contribution in [3.63, 3.8) is 0 Å². The Morgan fingerprint density at radius 3 is 3.00 bits per heavy atom. The maximum Gasteiger partial charge on any atom is 0.0632 e. The summed E-state index contributed by atoms with van der Waals surface area (Å²) in [4.78, 5) is 0. The lowest BCUT2D eigenvalue weighted by Gasteiger charge is -2.11. The molecular weight excluding hydrogens is 242 g/mol. The van der Waals surface area contributed by atoms with Gasteiger partial charge in [0.1, 0.15) is 0 Å². The maximum atomic E-state index is 4.23. The lowest BCUT2D eigenvalue weighted by atomic mass is 10.2. The van der Waals surface area contributed by atoms with Gasteiger partial charge in [0, 0.05) is 12.7 Å². The molecular formula is C10H18BrN3. The predicted molar refractivity (Wildman–Crippen MR) is 62.3 cm³/mol. The Bertz CT molecular complexity index is 260. The van der Waals surface area contributed by atoms with Crippen LogP contribution in [-0.2, 0) is 6.54 Å². The van der Waals surface area contributed by atoms with E-state index in [1.807, 2.05) is 17.1 Å². The molecule has 0 spiro atoms. The second kappa shape index (κ2) is 6.19. The Labute approximate surface area is 94.0 Å². The smallest absolute Gasteiger partial charge is 0.0632 e. The van der Waals surface area contributed by atoms with Gasteiger partial charge >= 0.3 is 0 Å². The lowest BCUT2D eigenvalue weighted by molar-refractivity contribution is 0.422. The molecule has 1 unspecified atom stereocenters. The summed E-state index contributed by atoms with van der Waals surface area (Å²) in [5.74, 6) is 0.619. The zero-order valence-electron chi connectivity index (χ0n) is 8.83. The van der Waals surface area contributed by atoms with Gasteiger partial charge in [0.2, 0.25) is 0 Å². The van der Waals surface area contributed by atoms with Gasteiger partial charge in [0.25, 0.3) is 0 Å². The third kappa shape index (κ3) is 4.24. The van der Waals surface area contributed by atoms with Gasteiger partial charge in [-0.3, -0.25) is 4.68 Å². The van der Waals surface area contributed by atoms with Crippen molar-refractivity contribution in [2.45, 2.75) is 26.8 Å². The van der Waals surface area contributed by atoms with Crippen LogP contribution in [0.1, 0.15) is 20.3 Å². The average molecular weight is 260 g/mol. The standard InChI is InChI=1S/C10H18BrN3/c1-3-4-12-5-9(2)7-14-8-10(11)6-13-14/h6,8-9,12H,3-5,7H2,1-2H3. The maximum absolute atomic E-state index is 4.23. The summed E-state index contributed by atoms with van der Waals surface area (Å²) in [7, 11) is 0. The third-order valence-corrected chi connectivity index (χ3v) is 2.43. The molecule has 0 bridgehead atoms. The van der Waals surface area contributed by atoms with Crippen LogP contribution >= 0.6 is 15.9 Å². The number of rotatable bonds is 6. The molecule has 0 aliphatic carbocycles. The Kier molecular flexibility index (Phi) is 5.19. The second-order valence-corrected chi connectivity index (χ2v) is 4.61. The number of nitrogens with one attached hydrogen (secondary N) is 1. The molecule has 0 saturated carbocycles. The molecule has 1 aromatic heterocycles. The topological polar surface area (TPSA) is 29.9 Å². The highest BCUT2D eigenvalue weighted by Gasteiger charge is 2.03. The molecule has 1 heterocycles. The van der Waals surface area contributed by atoms with Gasteiger partial charge in [-0.25, -0.2) is 0 Å². The van der Waals surface area contributed by atoms with Gasteiger partial charge < -0.3 is 5.32 Å². The van der Waals surface area contributed by atoms with Crippen LogP contribution < -0.4 is 5.32 Å². The first-order chi connectivity index (χ1) is 6.72. The minimum atomic E-state index is 0.619. The van der Waals surface area contributed by atoms with E-state index in [0.717, 1.165) is 24.1 Å². The highest BCUT2D eigenvalue weighted by atomic mass is 79.9. The van der Waals surface area contributed by atoms with Crippen molar-refractivity contribution < 1.29 is 0 Å². The van der Waals surface area contributed by atoms with Gasteiger partial charge in [0.15, 0.2) is 0 Å². The van der Waals surface area contributed by atoms with E-state index in [-0.39, 0.29) is 0 Å². The van der Waals surface area contributed by atoms with Crippen LogP contribution in [0.3, 0.4) is 0 Å².